The molecule has 2 aliphatic rings. The normalized spacial score (nSPS) is 16.7. The zero-order chi connectivity index (χ0) is 21.9. The highest BCUT2D eigenvalue weighted by atomic mass is 19.1. The molecule has 0 aliphatic carbocycles. The Hall–Kier alpha value is -2.96. The number of nitrogens with zero attached hydrogens (tertiary/aromatic N) is 2. The second kappa shape index (κ2) is 11.9. The second-order valence-corrected chi connectivity index (χ2v) is 6.54. The summed E-state index contributed by atoms with van der Waals surface area (Å²) in [4.78, 5) is 8.52. The molecule has 0 saturated carbocycles. The maximum atomic E-state index is 13.5. The summed E-state index contributed by atoms with van der Waals surface area (Å²) in [6.45, 7) is 9.24. The van der Waals surface area contributed by atoms with Gasteiger partial charge >= 0.3 is 0 Å². The molecule has 2 aliphatic heterocycles. The monoisotopic (exact) mass is 419 g/mol. The summed E-state index contributed by atoms with van der Waals surface area (Å²) < 4.78 is 36.5. The lowest BCUT2D eigenvalue weighted by atomic mass is 10.0. The van der Waals surface area contributed by atoms with E-state index >= 15 is 0 Å². The van der Waals surface area contributed by atoms with Gasteiger partial charge in [-0.05, 0) is 49.1 Å². The third kappa shape index (κ3) is 6.83. The van der Waals surface area contributed by atoms with Gasteiger partial charge in [0.05, 0.1) is 12.6 Å². The topological polar surface area (TPSA) is 55.2 Å². The van der Waals surface area contributed by atoms with Gasteiger partial charge in [-0.2, -0.15) is 0 Å². The molecule has 5 nitrogen and oxygen atoms in total. The Bertz CT molecular complexity index is 870. The van der Waals surface area contributed by atoms with Gasteiger partial charge in [-0.3, -0.25) is 5.32 Å². The van der Waals surface area contributed by atoms with E-state index in [9.17, 15) is 8.78 Å². The van der Waals surface area contributed by atoms with E-state index in [1.807, 2.05) is 26.0 Å². The first-order chi connectivity index (χ1) is 14.5. The van der Waals surface area contributed by atoms with Crippen molar-refractivity contribution in [1.29, 1.82) is 0 Å². The number of ether oxygens (including phenoxy) is 2. The number of nitrogens with one attached hydrogen (secondary N) is 1. The van der Waals surface area contributed by atoms with Gasteiger partial charge < -0.3 is 9.47 Å². The fourth-order valence-corrected chi connectivity index (χ4v) is 2.77. The van der Waals surface area contributed by atoms with Crippen molar-refractivity contribution in [3.8, 4) is 0 Å². The molecular formula is C23H31F2N3O2. The summed E-state index contributed by atoms with van der Waals surface area (Å²) in [5.74, 6) is -0.315. The van der Waals surface area contributed by atoms with Crippen LogP contribution in [0.1, 0.15) is 32.0 Å². The van der Waals surface area contributed by atoms with Crippen LogP contribution in [-0.4, -0.2) is 37.8 Å². The molecule has 0 radical (unpaired) electrons. The minimum atomic E-state index is -0.183. The largest absolute Gasteiger partial charge is 0.463 e. The van der Waals surface area contributed by atoms with Gasteiger partial charge in [0.15, 0.2) is 0 Å². The third-order valence-electron chi connectivity index (χ3n) is 4.42. The van der Waals surface area contributed by atoms with Crippen LogP contribution in [0.4, 0.5) is 8.78 Å². The van der Waals surface area contributed by atoms with Crippen LogP contribution in [0, 0.1) is 25.5 Å². The molecule has 30 heavy (non-hydrogen) atoms. The van der Waals surface area contributed by atoms with Crippen molar-refractivity contribution in [3.63, 3.8) is 0 Å². The van der Waals surface area contributed by atoms with Crippen LogP contribution in [0.5, 0.6) is 0 Å². The van der Waals surface area contributed by atoms with Gasteiger partial charge in [0.2, 0.25) is 0 Å². The number of hydrogen-bond donors (Lipinski definition) is 1. The summed E-state index contributed by atoms with van der Waals surface area (Å²) in [6.07, 6.45) is 0.655. The Kier molecular flexibility index (Phi) is 9.25. The highest BCUT2D eigenvalue weighted by Crippen LogP contribution is 2.17. The highest BCUT2D eigenvalue weighted by Gasteiger charge is 2.22. The molecule has 164 valence electrons. The Labute approximate surface area is 178 Å². The van der Waals surface area contributed by atoms with Crippen molar-refractivity contribution in [2.75, 3.05) is 19.8 Å². The molecule has 0 fully saturated rings. The minimum Gasteiger partial charge on any atom is -0.463 e. The first-order valence-electron chi connectivity index (χ1n) is 10.1. The average Bonchev–Trinajstić information content (AvgIpc) is 3.42. The van der Waals surface area contributed by atoms with Crippen molar-refractivity contribution in [2.45, 2.75) is 40.2 Å². The van der Waals surface area contributed by atoms with Gasteiger partial charge in [0.1, 0.15) is 24.8 Å². The number of benzene rings is 2. The quantitative estimate of drug-likeness (QED) is 0.760. The molecule has 4 rings (SSSR count). The SMILES string of the molecule is CC.Cc1c(F)cccc1C[C@H]1COC(NC2=NCCO2)=N1.Cc1ccccc1F.[HH]. The number of rotatable bonds is 2. The summed E-state index contributed by atoms with van der Waals surface area (Å²) in [5.41, 5.74) is 2.33. The molecule has 1 atom stereocenters. The van der Waals surface area contributed by atoms with E-state index in [1.54, 1.807) is 32.0 Å². The van der Waals surface area contributed by atoms with Crippen molar-refractivity contribution >= 4 is 12.0 Å². The third-order valence-corrected chi connectivity index (χ3v) is 4.42. The maximum absolute atomic E-state index is 13.5. The van der Waals surface area contributed by atoms with E-state index < -0.39 is 0 Å². The summed E-state index contributed by atoms with van der Waals surface area (Å²) in [6, 6.07) is 12.7. The zero-order valence-electron chi connectivity index (χ0n) is 17.9. The van der Waals surface area contributed by atoms with Gasteiger partial charge in [-0.25, -0.2) is 18.8 Å². The summed E-state index contributed by atoms with van der Waals surface area (Å²) in [5, 5.41) is 2.90. The van der Waals surface area contributed by atoms with Crippen molar-refractivity contribution in [1.82, 2.24) is 5.32 Å². The van der Waals surface area contributed by atoms with Gasteiger partial charge in [0.25, 0.3) is 12.0 Å². The average molecular weight is 420 g/mol. The molecule has 0 amide bonds. The van der Waals surface area contributed by atoms with Crippen LogP contribution >= 0.6 is 0 Å². The Balaban J connectivity index is 0.000000369. The molecule has 2 aromatic carbocycles. The zero-order valence-corrected chi connectivity index (χ0v) is 17.9. The van der Waals surface area contributed by atoms with E-state index in [4.69, 9.17) is 9.47 Å². The number of halogens is 2. The van der Waals surface area contributed by atoms with Crippen LogP contribution in [0.25, 0.3) is 0 Å². The molecular weight excluding hydrogens is 388 g/mol. The maximum Gasteiger partial charge on any atom is 0.293 e. The predicted octanol–water partition coefficient (Wildman–Crippen LogP) is 4.81. The highest BCUT2D eigenvalue weighted by molar-refractivity contribution is 5.94. The van der Waals surface area contributed by atoms with Gasteiger partial charge in [0, 0.05) is 1.43 Å². The number of aryl methyl sites for hydroxylation is 1. The van der Waals surface area contributed by atoms with E-state index in [-0.39, 0.29) is 19.1 Å². The van der Waals surface area contributed by atoms with Crippen LogP contribution in [0.15, 0.2) is 52.4 Å². The molecule has 0 saturated heterocycles. The van der Waals surface area contributed by atoms with Crippen molar-refractivity contribution < 1.29 is 19.7 Å². The van der Waals surface area contributed by atoms with E-state index in [0.717, 1.165) is 5.56 Å². The molecule has 0 bridgehead atoms. The minimum absolute atomic E-state index is 0. The summed E-state index contributed by atoms with van der Waals surface area (Å²) in [7, 11) is 0. The lowest BCUT2D eigenvalue weighted by Gasteiger charge is -2.08. The standard InChI is InChI=1S/C14H16FN3O2.C7H7F.C2H6.H2/c1-9-10(3-2-4-12(9)15)7-11-8-20-14(17-11)18-13-16-5-6-19-13;1-6-4-2-3-5-7(6)8;1-2;/h2-4,11H,5-8H2,1H3,(H,16,17,18);2-5H,1H3;1-2H3;1H/t11-;;;/m0.../s1. The number of hydrogen-bond acceptors (Lipinski definition) is 5. The van der Waals surface area contributed by atoms with Crippen molar-refractivity contribution in [3.05, 3.63) is 70.8 Å². The fourth-order valence-electron chi connectivity index (χ4n) is 2.77. The predicted molar refractivity (Wildman–Crippen MR) is 118 cm³/mol. The van der Waals surface area contributed by atoms with E-state index in [2.05, 4.69) is 15.3 Å². The molecule has 0 aromatic heterocycles. The van der Waals surface area contributed by atoms with Crippen LogP contribution < -0.4 is 5.32 Å². The molecule has 2 aromatic rings. The van der Waals surface area contributed by atoms with Crippen LogP contribution in [0.2, 0.25) is 0 Å². The molecule has 0 spiro atoms. The van der Waals surface area contributed by atoms with E-state index in [0.29, 0.717) is 49.3 Å². The van der Waals surface area contributed by atoms with E-state index in [1.165, 1.54) is 12.1 Å². The first-order valence-corrected chi connectivity index (χ1v) is 10.1. The Morgan fingerprint density at radius 1 is 1.00 bits per heavy atom. The lowest BCUT2D eigenvalue weighted by molar-refractivity contribution is 0.299. The molecule has 0 unspecified atom stereocenters. The number of aliphatic imine (C=N–C) groups is 2. The van der Waals surface area contributed by atoms with Gasteiger partial charge in [-0.15, -0.1) is 0 Å². The molecule has 1 N–H and O–H groups in total. The Morgan fingerprint density at radius 3 is 2.37 bits per heavy atom. The second-order valence-electron chi connectivity index (χ2n) is 6.54. The number of amidine groups is 2. The lowest BCUT2D eigenvalue weighted by Crippen LogP contribution is -2.30. The fraction of sp³-hybridized carbons (Fsp3) is 0.391. The van der Waals surface area contributed by atoms with Crippen molar-refractivity contribution in [2.24, 2.45) is 9.98 Å². The first kappa shape index (κ1) is 23.3. The van der Waals surface area contributed by atoms with Gasteiger partial charge in [-0.1, -0.05) is 44.2 Å². The smallest absolute Gasteiger partial charge is 0.293 e. The van der Waals surface area contributed by atoms with Crippen LogP contribution in [0.3, 0.4) is 0 Å². The summed E-state index contributed by atoms with van der Waals surface area (Å²) >= 11 is 0. The molecule has 7 heteroatoms. The Morgan fingerprint density at radius 2 is 1.73 bits per heavy atom. The molecule has 2 heterocycles. The van der Waals surface area contributed by atoms with Crippen LogP contribution in [-0.2, 0) is 15.9 Å².